The Balaban J connectivity index is 1.88. The molecule has 0 atom stereocenters. The van der Waals surface area contributed by atoms with Crippen LogP contribution in [0.4, 0.5) is 5.69 Å². The molecule has 1 aliphatic rings. The lowest BCUT2D eigenvalue weighted by molar-refractivity contribution is -0.117. The molecule has 0 radical (unpaired) electrons. The van der Waals surface area contributed by atoms with E-state index >= 15 is 0 Å². The average molecular weight is 292 g/mol. The molecule has 20 heavy (non-hydrogen) atoms. The molecule has 0 unspecified atom stereocenters. The van der Waals surface area contributed by atoms with Crippen molar-refractivity contribution in [3.63, 3.8) is 0 Å². The first-order valence-electron chi connectivity index (χ1n) is 7.34. The van der Waals surface area contributed by atoms with E-state index in [0.29, 0.717) is 12.6 Å². The number of rotatable bonds is 5. The van der Waals surface area contributed by atoms with E-state index in [4.69, 9.17) is 0 Å². The second-order valence-corrected chi connectivity index (χ2v) is 6.30. The van der Waals surface area contributed by atoms with E-state index in [1.54, 1.807) is 11.8 Å². The van der Waals surface area contributed by atoms with Gasteiger partial charge in [0.2, 0.25) is 5.91 Å². The van der Waals surface area contributed by atoms with Gasteiger partial charge in [-0.25, -0.2) is 0 Å². The fourth-order valence-corrected chi connectivity index (χ4v) is 3.37. The van der Waals surface area contributed by atoms with Gasteiger partial charge in [0.1, 0.15) is 0 Å². The van der Waals surface area contributed by atoms with Crippen LogP contribution in [0.15, 0.2) is 29.2 Å². The minimum absolute atomic E-state index is 0.0829. The Morgan fingerprint density at radius 1 is 1.30 bits per heavy atom. The SMILES string of the molecule is CSc1ccccc1NC(=O)CN(C)C1CCCCC1. The number of para-hydroxylation sites is 1. The maximum atomic E-state index is 12.2. The maximum absolute atomic E-state index is 12.2. The van der Waals surface area contributed by atoms with Crippen molar-refractivity contribution < 1.29 is 4.79 Å². The summed E-state index contributed by atoms with van der Waals surface area (Å²) in [6.45, 7) is 0.480. The van der Waals surface area contributed by atoms with Gasteiger partial charge >= 0.3 is 0 Å². The molecule has 1 aromatic carbocycles. The molecule has 110 valence electrons. The van der Waals surface area contributed by atoms with Crippen LogP contribution in [0.3, 0.4) is 0 Å². The van der Waals surface area contributed by atoms with E-state index in [9.17, 15) is 4.79 Å². The molecule has 3 nitrogen and oxygen atoms in total. The minimum Gasteiger partial charge on any atom is -0.324 e. The monoisotopic (exact) mass is 292 g/mol. The van der Waals surface area contributed by atoms with Crippen molar-refractivity contribution in [1.29, 1.82) is 0 Å². The molecular formula is C16H24N2OS. The number of nitrogens with one attached hydrogen (secondary N) is 1. The third-order valence-electron chi connectivity index (χ3n) is 3.97. The predicted molar refractivity (Wildman–Crippen MR) is 86.4 cm³/mol. The molecule has 1 saturated carbocycles. The van der Waals surface area contributed by atoms with Crippen molar-refractivity contribution in [2.45, 2.75) is 43.0 Å². The molecule has 0 bridgehead atoms. The summed E-state index contributed by atoms with van der Waals surface area (Å²) in [6, 6.07) is 8.52. The van der Waals surface area contributed by atoms with Gasteiger partial charge in [0.25, 0.3) is 0 Å². The van der Waals surface area contributed by atoms with Crippen LogP contribution in [-0.2, 0) is 4.79 Å². The van der Waals surface area contributed by atoms with Crippen molar-refractivity contribution in [2.24, 2.45) is 0 Å². The second-order valence-electron chi connectivity index (χ2n) is 5.46. The zero-order chi connectivity index (χ0) is 14.4. The molecule has 0 spiro atoms. The highest BCUT2D eigenvalue weighted by Crippen LogP contribution is 2.25. The van der Waals surface area contributed by atoms with Gasteiger partial charge < -0.3 is 5.32 Å². The normalized spacial score (nSPS) is 16.4. The van der Waals surface area contributed by atoms with Crippen LogP contribution in [0.25, 0.3) is 0 Å². The summed E-state index contributed by atoms with van der Waals surface area (Å²) in [7, 11) is 2.07. The number of benzene rings is 1. The topological polar surface area (TPSA) is 32.3 Å². The molecule has 0 aliphatic heterocycles. The van der Waals surface area contributed by atoms with Crippen molar-refractivity contribution in [2.75, 3.05) is 25.2 Å². The van der Waals surface area contributed by atoms with E-state index in [1.165, 1.54) is 32.1 Å². The average Bonchev–Trinajstić information content (AvgIpc) is 2.48. The molecule has 2 rings (SSSR count). The highest BCUT2D eigenvalue weighted by Gasteiger charge is 2.20. The van der Waals surface area contributed by atoms with Gasteiger partial charge in [-0.2, -0.15) is 0 Å². The molecule has 1 aromatic rings. The summed E-state index contributed by atoms with van der Waals surface area (Å²) in [6.07, 6.45) is 8.42. The summed E-state index contributed by atoms with van der Waals surface area (Å²) in [4.78, 5) is 15.5. The molecule has 0 heterocycles. The number of thioether (sulfide) groups is 1. The Kier molecular flexibility index (Phi) is 5.92. The molecule has 0 aromatic heterocycles. The van der Waals surface area contributed by atoms with Crippen LogP contribution >= 0.6 is 11.8 Å². The molecule has 4 heteroatoms. The van der Waals surface area contributed by atoms with E-state index < -0.39 is 0 Å². The fourth-order valence-electron chi connectivity index (χ4n) is 2.82. The van der Waals surface area contributed by atoms with Crippen molar-refractivity contribution in [1.82, 2.24) is 4.90 Å². The Morgan fingerprint density at radius 2 is 2.00 bits per heavy atom. The van der Waals surface area contributed by atoms with Gasteiger partial charge in [-0.15, -0.1) is 11.8 Å². The van der Waals surface area contributed by atoms with Gasteiger partial charge in [0, 0.05) is 10.9 Å². The van der Waals surface area contributed by atoms with Gasteiger partial charge in [0.15, 0.2) is 0 Å². The van der Waals surface area contributed by atoms with E-state index in [1.807, 2.05) is 30.5 Å². The number of anilines is 1. The molecule has 0 saturated heterocycles. The third kappa shape index (κ3) is 4.25. The smallest absolute Gasteiger partial charge is 0.238 e. The van der Waals surface area contributed by atoms with Gasteiger partial charge in [-0.05, 0) is 38.3 Å². The summed E-state index contributed by atoms with van der Waals surface area (Å²) in [5, 5.41) is 3.03. The number of nitrogens with zero attached hydrogens (tertiary/aromatic N) is 1. The Bertz CT molecular complexity index is 444. The Morgan fingerprint density at radius 3 is 2.70 bits per heavy atom. The number of carbonyl (C=O) groups excluding carboxylic acids is 1. The molecule has 1 aliphatic carbocycles. The van der Waals surface area contributed by atoms with Crippen molar-refractivity contribution in [3.8, 4) is 0 Å². The highest BCUT2D eigenvalue weighted by atomic mass is 32.2. The first-order valence-corrected chi connectivity index (χ1v) is 8.56. The lowest BCUT2D eigenvalue weighted by Gasteiger charge is -2.30. The summed E-state index contributed by atoms with van der Waals surface area (Å²) < 4.78 is 0. The van der Waals surface area contributed by atoms with Crippen LogP contribution in [0.2, 0.25) is 0 Å². The summed E-state index contributed by atoms with van der Waals surface area (Å²) in [5.41, 5.74) is 0.919. The quantitative estimate of drug-likeness (QED) is 0.841. The zero-order valence-corrected chi connectivity index (χ0v) is 13.2. The molecular weight excluding hydrogens is 268 g/mol. The van der Waals surface area contributed by atoms with Crippen LogP contribution in [0, 0.1) is 0 Å². The number of hydrogen-bond donors (Lipinski definition) is 1. The van der Waals surface area contributed by atoms with Crippen LogP contribution in [0.1, 0.15) is 32.1 Å². The number of hydrogen-bond acceptors (Lipinski definition) is 3. The Hall–Kier alpha value is -1.00. The minimum atomic E-state index is 0.0829. The summed E-state index contributed by atoms with van der Waals surface area (Å²) in [5.74, 6) is 0.0829. The van der Waals surface area contributed by atoms with Gasteiger partial charge in [-0.1, -0.05) is 31.4 Å². The third-order valence-corrected chi connectivity index (χ3v) is 4.77. The van der Waals surface area contributed by atoms with Crippen LogP contribution < -0.4 is 5.32 Å². The fraction of sp³-hybridized carbons (Fsp3) is 0.562. The predicted octanol–water partition coefficient (Wildman–Crippen LogP) is 3.61. The van der Waals surface area contributed by atoms with Crippen LogP contribution in [0.5, 0.6) is 0 Å². The van der Waals surface area contributed by atoms with Crippen LogP contribution in [-0.4, -0.2) is 36.7 Å². The molecule has 1 fully saturated rings. The van der Waals surface area contributed by atoms with Gasteiger partial charge in [0.05, 0.1) is 12.2 Å². The molecule has 1 N–H and O–H groups in total. The molecule has 1 amide bonds. The van der Waals surface area contributed by atoms with Crippen molar-refractivity contribution >= 4 is 23.4 Å². The largest absolute Gasteiger partial charge is 0.324 e. The second kappa shape index (κ2) is 7.70. The van der Waals surface area contributed by atoms with E-state index in [2.05, 4.69) is 17.3 Å². The van der Waals surface area contributed by atoms with Crippen molar-refractivity contribution in [3.05, 3.63) is 24.3 Å². The summed E-state index contributed by atoms with van der Waals surface area (Å²) >= 11 is 1.66. The number of amides is 1. The maximum Gasteiger partial charge on any atom is 0.238 e. The number of carbonyl (C=O) groups is 1. The lowest BCUT2D eigenvalue weighted by Crippen LogP contribution is -2.39. The lowest BCUT2D eigenvalue weighted by atomic mass is 9.94. The van der Waals surface area contributed by atoms with E-state index in [-0.39, 0.29) is 5.91 Å². The number of likely N-dealkylation sites (N-methyl/N-ethyl adjacent to an activating group) is 1. The first-order chi connectivity index (χ1) is 9.70. The first kappa shape index (κ1) is 15.4. The standard InChI is InChI=1S/C16H24N2OS/c1-18(13-8-4-3-5-9-13)12-16(19)17-14-10-6-7-11-15(14)20-2/h6-7,10-11,13H,3-5,8-9,12H2,1-2H3,(H,17,19). The highest BCUT2D eigenvalue weighted by molar-refractivity contribution is 7.98. The van der Waals surface area contributed by atoms with E-state index in [0.717, 1.165) is 10.6 Å². The van der Waals surface area contributed by atoms with Gasteiger partial charge in [-0.3, -0.25) is 9.69 Å². The Labute approximate surface area is 126 Å². The zero-order valence-electron chi connectivity index (χ0n) is 12.4.